The first-order chi connectivity index (χ1) is 9.99. The lowest BCUT2D eigenvalue weighted by Gasteiger charge is -2.13. The van der Waals surface area contributed by atoms with E-state index in [2.05, 4.69) is 36.5 Å². The van der Waals surface area contributed by atoms with Crippen LogP contribution in [0.15, 0.2) is 28.7 Å². The number of hydrogen-bond donors (Lipinski definition) is 2. The quantitative estimate of drug-likeness (QED) is 0.820. The molecule has 1 aromatic heterocycles. The Balaban J connectivity index is 2.36. The van der Waals surface area contributed by atoms with Gasteiger partial charge in [-0.05, 0) is 41.1 Å². The van der Waals surface area contributed by atoms with Gasteiger partial charge in [0.05, 0.1) is 5.69 Å². The molecule has 0 saturated carbocycles. The molecule has 2 aromatic rings. The van der Waals surface area contributed by atoms with Gasteiger partial charge in [-0.25, -0.2) is 14.4 Å². The predicted octanol–water partition coefficient (Wildman–Crippen LogP) is 4.68. The van der Waals surface area contributed by atoms with E-state index in [1.165, 1.54) is 12.1 Å². The number of benzene rings is 1. The van der Waals surface area contributed by atoms with Crippen molar-refractivity contribution in [3.05, 3.63) is 40.4 Å². The summed E-state index contributed by atoms with van der Waals surface area (Å²) in [5.74, 6) is 2.04. The molecule has 0 aliphatic rings. The lowest BCUT2D eigenvalue weighted by Crippen LogP contribution is -2.07. The van der Waals surface area contributed by atoms with Crippen molar-refractivity contribution in [2.75, 3.05) is 17.2 Å². The van der Waals surface area contributed by atoms with Crippen LogP contribution in [-0.4, -0.2) is 16.5 Å². The van der Waals surface area contributed by atoms with Crippen LogP contribution in [0.25, 0.3) is 0 Å². The average Bonchev–Trinajstić information content (AvgIpc) is 2.43. The third-order valence-electron chi connectivity index (χ3n) is 2.81. The Labute approximate surface area is 132 Å². The zero-order chi connectivity index (χ0) is 15.4. The third-order valence-corrected chi connectivity index (χ3v) is 3.50. The minimum Gasteiger partial charge on any atom is -0.370 e. The predicted molar refractivity (Wildman–Crippen MR) is 87.7 cm³/mol. The topological polar surface area (TPSA) is 49.8 Å². The van der Waals surface area contributed by atoms with Crippen molar-refractivity contribution < 1.29 is 4.39 Å². The van der Waals surface area contributed by atoms with E-state index in [4.69, 9.17) is 0 Å². The summed E-state index contributed by atoms with van der Waals surface area (Å²) in [6, 6.07) is 6.30. The molecule has 0 atom stereocenters. The van der Waals surface area contributed by atoms with Crippen LogP contribution >= 0.6 is 15.9 Å². The smallest absolute Gasteiger partial charge is 0.136 e. The molecule has 0 aliphatic heterocycles. The summed E-state index contributed by atoms with van der Waals surface area (Å²) < 4.78 is 14.1. The molecular weight excluding hydrogens is 335 g/mol. The molecule has 0 aliphatic carbocycles. The van der Waals surface area contributed by atoms with Gasteiger partial charge >= 0.3 is 0 Å². The molecule has 0 unspecified atom stereocenters. The molecule has 112 valence electrons. The van der Waals surface area contributed by atoms with E-state index in [0.717, 1.165) is 22.7 Å². The van der Waals surface area contributed by atoms with Crippen LogP contribution in [0, 0.1) is 5.82 Å². The fourth-order valence-electron chi connectivity index (χ4n) is 1.79. The summed E-state index contributed by atoms with van der Waals surface area (Å²) in [6.45, 7) is 6.85. The SMILES string of the molecule is CCNc1cc(Nc2cc(F)ccc2Br)nc(C(C)C)n1. The maximum atomic E-state index is 13.4. The van der Waals surface area contributed by atoms with E-state index < -0.39 is 0 Å². The fraction of sp³-hybridized carbons (Fsp3) is 0.333. The number of rotatable bonds is 5. The molecule has 1 aromatic carbocycles. The Hall–Kier alpha value is -1.69. The lowest BCUT2D eigenvalue weighted by molar-refractivity contribution is 0.628. The first-order valence-corrected chi connectivity index (χ1v) is 7.63. The maximum absolute atomic E-state index is 13.4. The largest absolute Gasteiger partial charge is 0.370 e. The van der Waals surface area contributed by atoms with Gasteiger partial charge in [0, 0.05) is 23.0 Å². The van der Waals surface area contributed by atoms with Crippen molar-refractivity contribution in [2.24, 2.45) is 0 Å². The summed E-state index contributed by atoms with van der Waals surface area (Å²) in [5.41, 5.74) is 0.630. The van der Waals surface area contributed by atoms with Crippen LogP contribution in [0.1, 0.15) is 32.5 Å². The maximum Gasteiger partial charge on any atom is 0.136 e. The molecule has 0 fully saturated rings. The minimum atomic E-state index is -0.300. The Morgan fingerprint density at radius 2 is 1.90 bits per heavy atom. The van der Waals surface area contributed by atoms with Gasteiger partial charge in [-0.3, -0.25) is 0 Å². The minimum absolute atomic E-state index is 0.208. The van der Waals surface area contributed by atoms with Crippen LogP contribution in [0.5, 0.6) is 0 Å². The monoisotopic (exact) mass is 352 g/mol. The van der Waals surface area contributed by atoms with E-state index in [1.54, 1.807) is 6.07 Å². The molecule has 0 amide bonds. The number of nitrogens with zero attached hydrogens (tertiary/aromatic N) is 2. The van der Waals surface area contributed by atoms with Crippen LogP contribution in [0.2, 0.25) is 0 Å². The second-order valence-electron chi connectivity index (χ2n) is 4.93. The summed E-state index contributed by atoms with van der Waals surface area (Å²) >= 11 is 3.40. The van der Waals surface area contributed by atoms with Crippen molar-refractivity contribution in [1.82, 2.24) is 9.97 Å². The van der Waals surface area contributed by atoms with Crippen molar-refractivity contribution in [3.8, 4) is 0 Å². The summed E-state index contributed by atoms with van der Waals surface area (Å²) in [7, 11) is 0. The van der Waals surface area contributed by atoms with Crippen LogP contribution in [-0.2, 0) is 0 Å². The zero-order valence-corrected chi connectivity index (χ0v) is 13.8. The summed E-state index contributed by atoms with van der Waals surface area (Å²) in [6.07, 6.45) is 0. The highest BCUT2D eigenvalue weighted by molar-refractivity contribution is 9.10. The van der Waals surface area contributed by atoms with E-state index in [1.807, 2.05) is 26.8 Å². The van der Waals surface area contributed by atoms with Gasteiger partial charge < -0.3 is 10.6 Å². The molecule has 2 rings (SSSR count). The van der Waals surface area contributed by atoms with E-state index in [0.29, 0.717) is 11.5 Å². The lowest BCUT2D eigenvalue weighted by atomic mass is 10.2. The Bertz CT molecular complexity index is 631. The Morgan fingerprint density at radius 3 is 2.57 bits per heavy atom. The third kappa shape index (κ3) is 4.14. The molecule has 0 radical (unpaired) electrons. The van der Waals surface area contributed by atoms with Gasteiger partial charge in [0.2, 0.25) is 0 Å². The molecular formula is C15H18BrFN4. The molecule has 0 bridgehead atoms. The second-order valence-corrected chi connectivity index (χ2v) is 5.79. The van der Waals surface area contributed by atoms with Crippen LogP contribution < -0.4 is 10.6 Å². The van der Waals surface area contributed by atoms with Gasteiger partial charge in [0.1, 0.15) is 23.3 Å². The van der Waals surface area contributed by atoms with Crippen LogP contribution in [0.4, 0.5) is 21.7 Å². The highest BCUT2D eigenvalue weighted by Crippen LogP contribution is 2.27. The molecule has 0 spiro atoms. The number of hydrogen-bond acceptors (Lipinski definition) is 4. The van der Waals surface area contributed by atoms with Crippen molar-refractivity contribution >= 4 is 33.3 Å². The molecule has 6 heteroatoms. The first-order valence-electron chi connectivity index (χ1n) is 6.84. The summed E-state index contributed by atoms with van der Waals surface area (Å²) in [5, 5.41) is 6.31. The fourth-order valence-corrected chi connectivity index (χ4v) is 2.14. The number of aromatic nitrogens is 2. The van der Waals surface area contributed by atoms with Gasteiger partial charge in [0.25, 0.3) is 0 Å². The highest BCUT2D eigenvalue weighted by Gasteiger charge is 2.09. The number of anilines is 3. The average molecular weight is 353 g/mol. The molecule has 21 heavy (non-hydrogen) atoms. The van der Waals surface area contributed by atoms with E-state index in [9.17, 15) is 4.39 Å². The molecule has 2 N–H and O–H groups in total. The molecule has 1 heterocycles. The number of halogens is 2. The molecule has 0 saturated heterocycles. The van der Waals surface area contributed by atoms with Gasteiger partial charge in [-0.2, -0.15) is 0 Å². The first kappa shape index (κ1) is 15.7. The van der Waals surface area contributed by atoms with Gasteiger partial charge in [0.15, 0.2) is 0 Å². The van der Waals surface area contributed by atoms with Gasteiger partial charge in [-0.15, -0.1) is 0 Å². The van der Waals surface area contributed by atoms with E-state index in [-0.39, 0.29) is 11.7 Å². The van der Waals surface area contributed by atoms with Gasteiger partial charge in [-0.1, -0.05) is 13.8 Å². The second kappa shape index (κ2) is 6.85. The number of nitrogens with one attached hydrogen (secondary N) is 2. The van der Waals surface area contributed by atoms with Crippen molar-refractivity contribution in [3.63, 3.8) is 0 Å². The Kier molecular flexibility index (Phi) is 5.12. The normalized spacial score (nSPS) is 10.8. The summed E-state index contributed by atoms with van der Waals surface area (Å²) in [4.78, 5) is 8.93. The highest BCUT2D eigenvalue weighted by atomic mass is 79.9. The zero-order valence-electron chi connectivity index (χ0n) is 12.2. The van der Waals surface area contributed by atoms with E-state index >= 15 is 0 Å². The molecule has 4 nitrogen and oxygen atoms in total. The van der Waals surface area contributed by atoms with Crippen molar-refractivity contribution in [1.29, 1.82) is 0 Å². The van der Waals surface area contributed by atoms with Crippen LogP contribution in [0.3, 0.4) is 0 Å². The Morgan fingerprint density at radius 1 is 1.19 bits per heavy atom. The standard InChI is InChI=1S/C15H18BrFN4/c1-4-18-13-8-14(21-15(20-13)9(2)3)19-12-7-10(17)5-6-11(12)16/h5-9H,4H2,1-3H3,(H2,18,19,20,21). The van der Waals surface area contributed by atoms with Crippen molar-refractivity contribution in [2.45, 2.75) is 26.7 Å².